The monoisotopic (exact) mass is 427 g/mol. The SMILES string of the molecule is C=C(Nc1ccccn1)c1ccc(C(=N)c2c(N)ncc(C)c2NC2CCCNC2)cc1. The summed E-state index contributed by atoms with van der Waals surface area (Å²) in [4.78, 5) is 8.59. The highest BCUT2D eigenvalue weighted by Gasteiger charge is 2.21. The van der Waals surface area contributed by atoms with Gasteiger partial charge in [0.1, 0.15) is 11.6 Å². The summed E-state index contributed by atoms with van der Waals surface area (Å²) in [5.74, 6) is 1.10. The lowest BCUT2D eigenvalue weighted by Crippen LogP contribution is -2.39. The third-order valence-electron chi connectivity index (χ3n) is 5.66. The van der Waals surface area contributed by atoms with Crippen molar-refractivity contribution in [1.29, 1.82) is 5.41 Å². The molecule has 0 spiro atoms. The molecule has 1 aromatic carbocycles. The lowest BCUT2D eigenvalue weighted by molar-refractivity contribution is 0.479. The molecule has 7 heteroatoms. The first-order valence-corrected chi connectivity index (χ1v) is 10.8. The molecule has 164 valence electrons. The van der Waals surface area contributed by atoms with Gasteiger partial charge in [-0.2, -0.15) is 0 Å². The number of nitrogens with zero attached hydrogens (tertiary/aromatic N) is 2. The highest BCUT2D eigenvalue weighted by molar-refractivity contribution is 6.17. The van der Waals surface area contributed by atoms with Crippen LogP contribution in [0.1, 0.15) is 35.1 Å². The quantitative estimate of drug-likeness (QED) is 0.364. The van der Waals surface area contributed by atoms with E-state index in [2.05, 4.69) is 32.5 Å². The molecule has 2 aromatic heterocycles. The van der Waals surface area contributed by atoms with Gasteiger partial charge in [-0.15, -0.1) is 0 Å². The zero-order valence-corrected chi connectivity index (χ0v) is 18.3. The summed E-state index contributed by atoms with van der Waals surface area (Å²) >= 11 is 0. The Labute approximate surface area is 188 Å². The smallest absolute Gasteiger partial charge is 0.134 e. The van der Waals surface area contributed by atoms with E-state index in [1.54, 1.807) is 12.4 Å². The molecule has 1 atom stereocenters. The van der Waals surface area contributed by atoms with Gasteiger partial charge in [0.15, 0.2) is 0 Å². The van der Waals surface area contributed by atoms with Gasteiger partial charge >= 0.3 is 0 Å². The Morgan fingerprint density at radius 3 is 2.62 bits per heavy atom. The number of piperidine rings is 1. The summed E-state index contributed by atoms with van der Waals surface area (Å²) in [7, 11) is 0. The van der Waals surface area contributed by atoms with E-state index in [0.29, 0.717) is 23.1 Å². The third kappa shape index (κ3) is 4.78. The van der Waals surface area contributed by atoms with E-state index in [-0.39, 0.29) is 0 Å². The largest absolute Gasteiger partial charge is 0.383 e. The lowest BCUT2D eigenvalue weighted by atomic mass is 9.97. The molecule has 0 amide bonds. The molecule has 1 fully saturated rings. The molecule has 1 saturated heterocycles. The predicted molar refractivity (Wildman–Crippen MR) is 132 cm³/mol. The van der Waals surface area contributed by atoms with E-state index in [0.717, 1.165) is 59.8 Å². The van der Waals surface area contributed by atoms with Crippen LogP contribution in [0, 0.1) is 12.3 Å². The van der Waals surface area contributed by atoms with Crippen molar-refractivity contribution in [3.63, 3.8) is 0 Å². The number of rotatable bonds is 7. The van der Waals surface area contributed by atoms with Gasteiger partial charge in [0.25, 0.3) is 0 Å². The fourth-order valence-corrected chi connectivity index (χ4v) is 3.88. The fourth-order valence-electron chi connectivity index (χ4n) is 3.88. The molecular weight excluding hydrogens is 398 g/mol. The molecule has 0 saturated carbocycles. The minimum atomic E-state index is 0.305. The number of hydrogen-bond donors (Lipinski definition) is 5. The van der Waals surface area contributed by atoms with Crippen molar-refractivity contribution in [3.8, 4) is 0 Å². The normalized spacial score (nSPS) is 15.7. The van der Waals surface area contributed by atoms with E-state index in [4.69, 9.17) is 11.1 Å². The number of aromatic nitrogens is 2. The van der Waals surface area contributed by atoms with Crippen LogP contribution >= 0.6 is 0 Å². The number of anilines is 3. The minimum absolute atomic E-state index is 0.305. The predicted octanol–water partition coefficient (Wildman–Crippen LogP) is 4.03. The molecule has 0 aliphatic carbocycles. The second-order valence-corrected chi connectivity index (χ2v) is 8.03. The van der Waals surface area contributed by atoms with Gasteiger partial charge in [-0.3, -0.25) is 5.41 Å². The molecule has 0 bridgehead atoms. The summed E-state index contributed by atoms with van der Waals surface area (Å²) in [5.41, 5.74) is 11.6. The van der Waals surface area contributed by atoms with Gasteiger partial charge in [-0.25, -0.2) is 9.97 Å². The molecule has 7 nitrogen and oxygen atoms in total. The van der Waals surface area contributed by atoms with Crippen LogP contribution in [0.25, 0.3) is 5.70 Å². The Morgan fingerprint density at radius 1 is 1.16 bits per heavy atom. The number of nitrogen functional groups attached to an aromatic ring is 1. The first-order chi connectivity index (χ1) is 15.5. The van der Waals surface area contributed by atoms with Crippen molar-refractivity contribution in [3.05, 3.63) is 83.7 Å². The van der Waals surface area contributed by atoms with E-state index in [1.165, 1.54) is 0 Å². The third-order valence-corrected chi connectivity index (χ3v) is 5.66. The molecule has 3 heterocycles. The highest BCUT2D eigenvalue weighted by atomic mass is 15.0. The summed E-state index contributed by atoms with van der Waals surface area (Å²) in [6, 6.07) is 13.7. The van der Waals surface area contributed by atoms with Gasteiger partial charge in [0, 0.05) is 36.2 Å². The van der Waals surface area contributed by atoms with Gasteiger partial charge in [-0.05, 0) is 49.6 Å². The Kier molecular flexibility index (Phi) is 6.47. The van der Waals surface area contributed by atoms with Crippen molar-refractivity contribution >= 4 is 28.7 Å². The number of hydrogen-bond acceptors (Lipinski definition) is 7. The molecule has 32 heavy (non-hydrogen) atoms. The topological polar surface area (TPSA) is 112 Å². The van der Waals surface area contributed by atoms with Gasteiger partial charge in [0.2, 0.25) is 0 Å². The Hall–Kier alpha value is -3.71. The van der Waals surface area contributed by atoms with Crippen LogP contribution in [0.3, 0.4) is 0 Å². The zero-order chi connectivity index (χ0) is 22.5. The molecule has 1 aliphatic heterocycles. The molecular formula is C25H29N7. The number of benzene rings is 1. The maximum atomic E-state index is 8.90. The van der Waals surface area contributed by atoms with Crippen molar-refractivity contribution < 1.29 is 0 Å². The van der Waals surface area contributed by atoms with E-state index < -0.39 is 0 Å². The molecule has 0 radical (unpaired) electrons. The van der Waals surface area contributed by atoms with E-state index in [1.807, 2.05) is 49.4 Å². The van der Waals surface area contributed by atoms with Crippen LogP contribution in [-0.4, -0.2) is 34.8 Å². The van der Waals surface area contributed by atoms with Gasteiger partial charge in [0.05, 0.1) is 17.0 Å². The fraction of sp³-hybridized carbons (Fsp3) is 0.240. The number of nitrogens with two attached hydrogens (primary N) is 1. The second kappa shape index (κ2) is 9.62. The molecule has 4 rings (SSSR count). The number of nitrogens with one attached hydrogen (secondary N) is 4. The minimum Gasteiger partial charge on any atom is -0.383 e. The lowest BCUT2D eigenvalue weighted by Gasteiger charge is -2.27. The first kappa shape index (κ1) is 21.5. The van der Waals surface area contributed by atoms with Crippen molar-refractivity contribution in [2.24, 2.45) is 0 Å². The van der Waals surface area contributed by atoms with Crippen LogP contribution in [0.5, 0.6) is 0 Å². The van der Waals surface area contributed by atoms with Gasteiger partial charge < -0.3 is 21.7 Å². The standard InChI is InChI=1S/C25H29N7/c1-16-14-30-25(27)22(24(16)32-20-6-5-12-28-15-20)23(26)19-10-8-18(9-11-19)17(2)31-21-7-3-4-13-29-21/h3-4,7-11,13-14,20,26,28H,2,5-6,12,15H2,1H3,(H,29,31)(H3,27,30,32). The van der Waals surface area contributed by atoms with Crippen molar-refractivity contribution in [1.82, 2.24) is 15.3 Å². The Morgan fingerprint density at radius 2 is 1.94 bits per heavy atom. The van der Waals surface area contributed by atoms with E-state index in [9.17, 15) is 0 Å². The summed E-state index contributed by atoms with van der Waals surface area (Å²) < 4.78 is 0. The average molecular weight is 428 g/mol. The molecule has 1 unspecified atom stereocenters. The average Bonchev–Trinajstić information content (AvgIpc) is 2.82. The summed E-state index contributed by atoms with van der Waals surface area (Å²) in [5, 5.41) is 19.1. The van der Waals surface area contributed by atoms with E-state index >= 15 is 0 Å². The summed E-state index contributed by atoms with van der Waals surface area (Å²) in [6.45, 7) is 8.05. The number of aryl methyl sites for hydroxylation is 1. The molecule has 6 N–H and O–H groups in total. The zero-order valence-electron chi connectivity index (χ0n) is 18.3. The van der Waals surface area contributed by atoms with Crippen LogP contribution in [0.2, 0.25) is 0 Å². The van der Waals surface area contributed by atoms with Crippen LogP contribution < -0.4 is 21.7 Å². The molecule has 1 aliphatic rings. The Bertz CT molecular complexity index is 1100. The first-order valence-electron chi connectivity index (χ1n) is 10.8. The second-order valence-electron chi connectivity index (χ2n) is 8.03. The van der Waals surface area contributed by atoms with Crippen LogP contribution in [0.15, 0.2) is 61.4 Å². The Balaban J connectivity index is 1.56. The van der Waals surface area contributed by atoms with Crippen molar-refractivity contribution in [2.75, 3.05) is 29.5 Å². The van der Waals surface area contributed by atoms with Crippen molar-refractivity contribution in [2.45, 2.75) is 25.8 Å². The molecule has 3 aromatic rings. The maximum absolute atomic E-state index is 8.90. The summed E-state index contributed by atoms with van der Waals surface area (Å²) in [6.07, 6.45) is 5.71. The maximum Gasteiger partial charge on any atom is 0.134 e. The van der Waals surface area contributed by atoms with Crippen LogP contribution in [0.4, 0.5) is 17.3 Å². The number of pyridine rings is 2. The highest BCUT2D eigenvalue weighted by Crippen LogP contribution is 2.29. The van der Waals surface area contributed by atoms with Gasteiger partial charge in [-0.1, -0.05) is 36.9 Å². The van der Waals surface area contributed by atoms with Crippen LogP contribution in [-0.2, 0) is 0 Å².